The van der Waals surface area contributed by atoms with Gasteiger partial charge in [0.25, 0.3) is 0 Å². The molecule has 1 rings (SSSR count). The van der Waals surface area contributed by atoms with Gasteiger partial charge in [0.15, 0.2) is 0 Å². The lowest BCUT2D eigenvalue weighted by Gasteiger charge is -2.41. The third-order valence-corrected chi connectivity index (χ3v) is 4.42. The Balaban J connectivity index is 2.61. The standard InChI is InChI=1S/C16H32N2O2/c1-5-13(4)18-10-14(7-6-8-19)9-15(11-18)17-16(20)12(2)3/h12-15,19H,5-11H2,1-4H3,(H,17,20). The van der Waals surface area contributed by atoms with Gasteiger partial charge in [0, 0.05) is 37.7 Å². The average Bonchev–Trinajstić information content (AvgIpc) is 2.43. The molecule has 0 aromatic carbocycles. The molecule has 1 fully saturated rings. The van der Waals surface area contributed by atoms with Crippen molar-refractivity contribution in [2.45, 2.75) is 65.5 Å². The van der Waals surface area contributed by atoms with E-state index in [4.69, 9.17) is 5.11 Å². The zero-order chi connectivity index (χ0) is 15.1. The van der Waals surface area contributed by atoms with Gasteiger partial charge >= 0.3 is 0 Å². The third kappa shape index (κ3) is 5.41. The highest BCUT2D eigenvalue weighted by Crippen LogP contribution is 2.24. The molecule has 0 saturated carbocycles. The highest BCUT2D eigenvalue weighted by Gasteiger charge is 2.30. The summed E-state index contributed by atoms with van der Waals surface area (Å²) in [6.45, 7) is 10.7. The molecule has 1 amide bonds. The minimum atomic E-state index is 0.0462. The van der Waals surface area contributed by atoms with E-state index in [1.54, 1.807) is 0 Å². The second-order valence-corrected chi connectivity index (χ2v) is 6.54. The van der Waals surface area contributed by atoms with Gasteiger partial charge in [-0.25, -0.2) is 0 Å². The van der Waals surface area contributed by atoms with Crippen LogP contribution in [0.5, 0.6) is 0 Å². The minimum absolute atomic E-state index is 0.0462. The number of carbonyl (C=O) groups excluding carboxylic acids is 1. The molecule has 1 aliphatic heterocycles. The fourth-order valence-corrected chi connectivity index (χ4v) is 2.92. The van der Waals surface area contributed by atoms with Gasteiger partial charge < -0.3 is 10.4 Å². The van der Waals surface area contributed by atoms with Crippen LogP contribution in [0.1, 0.15) is 53.4 Å². The molecule has 0 bridgehead atoms. The van der Waals surface area contributed by atoms with Crippen molar-refractivity contribution < 1.29 is 9.90 Å². The first-order valence-corrected chi connectivity index (χ1v) is 8.13. The maximum atomic E-state index is 11.9. The van der Waals surface area contributed by atoms with Crippen LogP contribution in [-0.4, -0.2) is 47.7 Å². The quantitative estimate of drug-likeness (QED) is 0.752. The van der Waals surface area contributed by atoms with E-state index in [0.717, 1.165) is 38.8 Å². The molecule has 1 saturated heterocycles. The van der Waals surface area contributed by atoms with Crippen LogP contribution < -0.4 is 5.32 Å². The van der Waals surface area contributed by atoms with E-state index in [9.17, 15) is 4.79 Å². The molecule has 4 heteroatoms. The number of hydrogen-bond acceptors (Lipinski definition) is 3. The molecule has 3 unspecified atom stereocenters. The summed E-state index contributed by atoms with van der Waals surface area (Å²) in [6, 6.07) is 0.821. The van der Waals surface area contributed by atoms with Crippen molar-refractivity contribution in [1.29, 1.82) is 0 Å². The Labute approximate surface area is 123 Å². The Bertz CT molecular complexity index is 294. The van der Waals surface area contributed by atoms with E-state index >= 15 is 0 Å². The summed E-state index contributed by atoms with van der Waals surface area (Å²) in [5, 5.41) is 12.2. The van der Waals surface area contributed by atoms with Crippen LogP contribution in [0, 0.1) is 11.8 Å². The van der Waals surface area contributed by atoms with Gasteiger partial charge in [-0.2, -0.15) is 0 Å². The smallest absolute Gasteiger partial charge is 0.222 e. The number of amides is 1. The predicted molar refractivity (Wildman–Crippen MR) is 82.5 cm³/mol. The average molecular weight is 284 g/mol. The summed E-state index contributed by atoms with van der Waals surface area (Å²) in [7, 11) is 0. The molecule has 118 valence electrons. The van der Waals surface area contributed by atoms with Gasteiger partial charge in [-0.15, -0.1) is 0 Å². The number of nitrogens with zero attached hydrogens (tertiary/aromatic N) is 1. The Hall–Kier alpha value is -0.610. The van der Waals surface area contributed by atoms with Crippen molar-refractivity contribution in [3.8, 4) is 0 Å². The van der Waals surface area contributed by atoms with E-state index in [1.165, 1.54) is 0 Å². The fraction of sp³-hybridized carbons (Fsp3) is 0.938. The van der Waals surface area contributed by atoms with E-state index in [-0.39, 0.29) is 24.5 Å². The van der Waals surface area contributed by atoms with Crippen molar-refractivity contribution in [2.75, 3.05) is 19.7 Å². The molecular weight excluding hydrogens is 252 g/mol. The normalized spacial score (nSPS) is 25.7. The lowest BCUT2D eigenvalue weighted by Crippen LogP contribution is -2.53. The Morgan fingerprint density at radius 1 is 1.35 bits per heavy atom. The van der Waals surface area contributed by atoms with Crippen LogP contribution in [0.3, 0.4) is 0 Å². The van der Waals surface area contributed by atoms with E-state index in [0.29, 0.717) is 12.0 Å². The molecule has 0 spiro atoms. The number of piperidine rings is 1. The topological polar surface area (TPSA) is 52.6 Å². The van der Waals surface area contributed by atoms with Crippen LogP contribution in [0.4, 0.5) is 0 Å². The van der Waals surface area contributed by atoms with Gasteiger partial charge in [-0.1, -0.05) is 20.8 Å². The van der Waals surface area contributed by atoms with Crippen LogP contribution in [0.15, 0.2) is 0 Å². The number of rotatable bonds is 7. The maximum absolute atomic E-state index is 11.9. The number of aliphatic hydroxyl groups excluding tert-OH is 1. The highest BCUT2D eigenvalue weighted by atomic mass is 16.2. The zero-order valence-electron chi connectivity index (χ0n) is 13.6. The molecule has 2 N–H and O–H groups in total. The molecule has 0 radical (unpaired) electrons. The summed E-state index contributed by atoms with van der Waals surface area (Å²) in [4.78, 5) is 14.4. The van der Waals surface area contributed by atoms with Crippen molar-refractivity contribution in [2.24, 2.45) is 11.8 Å². The molecule has 20 heavy (non-hydrogen) atoms. The molecule has 4 nitrogen and oxygen atoms in total. The molecule has 1 heterocycles. The number of nitrogens with one attached hydrogen (secondary N) is 1. The predicted octanol–water partition coefficient (Wildman–Crippen LogP) is 2.02. The van der Waals surface area contributed by atoms with Crippen molar-refractivity contribution >= 4 is 5.91 Å². The number of hydrogen-bond donors (Lipinski definition) is 2. The van der Waals surface area contributed by atoms with Crippen molar-refractivity contribution in [3.05, 3.63) is 0 Å². The van der Waals surface area contributed by atoms with Crippen molar-refractivity contribution in [1.82, 2.24) is 10.2 Å². The largest absolute Gasteiger partial charge is 0.396 e. The van der Waals surface area contributed by atoms with E-state index in [1.807, 2.05) is 13.8 Å². The number of carbonyl (C=O) groups is 1. The van der Waals surface area contributed by atoms with Gasteiger partial charge in [0.05, 0.1) is 0 Å². The molecule has 1 aliphatic rings. The lowest BCUT2D eigenvalue weighted by molar-refractivity contribution is -0.125. The molecule has 0 aromatic rings. The second-order valence-electron chi connectivity index (χ2n) is 6.54. The first kappa shape index (κ1) is 17.4. The summed E-state index contributed by atoms with van der Waals surface area (Å²) >= 11 is 0. The monoisotopic (exact) mass is 284 g/mol. The Morgan fingerprint density at radius 2 is 2.05 bits per heavy atom. The Morgan fingerprint density at radius 3 is 2.60 bits per heavy atom. The first-order chi connectivity index (χ1) is 9.47. The summed E-state index contributed by atoms with van der Waals surface area (Å²) in [5.74, 6) is 0.786. The number of aliphatic hydroxyl groups is 1. The number of likely N-dealkylation sites (tertiary alicyclic amines) is 1. The third-order valence-electron chi connectivity index (χ3n) is 4.42. The molecule has 0 aromatic heterocycles. The summed E-state index contributed by atoms with van der Waals surface area (Å²) in [6.07, 6.45) is 4.10. The van der Waals surface area contributed by atoms with E-state index < -0.39 is 0 Å². The maximum Gasteiger partial charge on any atom is 0.222 e. The summed E-state index contributed by atoms with van der Waals surface area (Å²) < 4.78 is 0. The Kier molecular flexibility index (Phi) is 7.52. The van der Waals surface area contributed by atoms with E-state index in [2.05, 4.69) is 24.1 Å². The van der Waals surface area contributed by atoms with Crippen molar-refractivity contribution in [3.63, 3.8) is 0 Å². The SMILES string of the molecule is CCC(C)N1CC(CCCO)CC(NC(=O)C(C)C)C1. The minimum Gasteiger partial charge on any atom is -0.396 e. The lowest BCUT2D eigenvalue weighted by atomic mass is 9.89. The van der Waals surface area contributed by atoms with Gasteiger partial charge in [-0.05, 0) is 38.5 Å². The van der Waals surface area contributed by atoms with Gasteiger partial charge in [0.1, 0.15) is 0 Å². The molecule has 3 atom stereocenters. The van der Waals surface area contributed by atoms with Crippen LogP contribution in [-0.2, 0) is 4.79 Å². The second kappa shape index (κ2) is 8.63. The van der Waals surface area contributed by atoms with Gasteiger partial charge in [0.2, 0.25) is 5.91 Å². The van der Waals surface area contributed by atoms with Crippen LogP contribution >= 0.6 is 0 Å². The fourth-order valence-electron chi connectivity index (χ4n) is 2.92. The van der Waals surface area contributed by atoms with Crippen LogP contribution in [0.2, 0.25) is 0 Å². The summed E-state index contributed by atoms with van der Waals surface area (Å²) in [5.41, 5.74) is 0. The molecule has 0 aliphatic carbocycles. The highest BCUT2D eigenvalue weighted by molar-refractivity contribution is 5.78. The first-order valence-electron chi connectivity index (χ1n) is 8.13. The van der Waals surface area contributed by atoms with Crippen LogP contribution in [0.25, 0.3) is 0 Å². The molecular formula is C16H32N2O2. The van der Waals surface area contributed by atoms with Gasteiger partial charge in [-0.3, -0.25) is 9.69 Å². The zero-order valence-corrected chi connectivity index (χ0v) is 13.6.